The van der Waals surface area contributed by atoms with Crippen molar-refractivity contribution in [1.82, 2.24) is 0 Å². The van der Waals surface area contributed by atoms with Gasteiger partial charge in [-0.25, -0.2) is 0 Å². The third-order valence-corrected chi connectivity index (χ3v) is 8.55. The van der Waals surface area contributed by atoms with Gasteiger partial charge in [0.1, 0.15) is 5.78 Å². The zero-order valence-corrected chi connectivity index (χ0v) is 18.9. The summed E-state index contributed by atoms with van der Waals surface area (Å²) in [5, 5.41) is 18.3. The van der Waals surface area contributed by atoms with Gasteiger partial charge in [0.25, 0.3) is 0 Å². The molecule has 2 fully saturated rings. The first kappa shape index (κ1) is 23.1. The quantitative estimate of drug-likeness (QED) is 0.688. The normalized spacial score (nSPS) is 39.4. The van der Waals surface area contributed by atoms with Gasteiger partial charge in [-0.05, 0) is 67.9 Å². The van der Waals surface area contributed by atoms with E-state index in [1.165, 1.54) is 5.57 Å². The Labute approximate surface area is 180 Å². The summed E-state index contributed by atoms with van der Waals surface area (Å²) in [4.78, 5) is 21.9. The van der Waals surface area contributed by atoms with Crippen molar-refractivity contribution in [3.63, 3.8) is 0 Å². The van der Waals surface area contributed by atoms with Gasteiger partial charge in [0.2, 0.25) is 0 Å². The van der Waals surface area contributed by atoms with E-state index in [0.717, 1.165) is 44.3 Å². The molecule has 4 aliphatic rings. The number of carboxylic acid groups (broad SMARTS) is 1. The molecule has 4 rings (SSSR count). The highest BCUT2D eigenvalue weighted by Gasteiger charge is 2.60. The molecule has 0 spiro atoms. The number of aliphatic carboxylic acids is 1. The largest absolute Gasteiger partial charge is 0.498 e. The highest BCUT2D eigenvalue weighted by atomic mass is 16.5. The summed E-state index contributed by atoms with van der Waals surface area (Å²) in [5.41, 5.74) is 1.05. The molecule has 0 aliphatic heterocycles. The second-order valence-corrected chi connectivity index (χ2v) is 9.78. The maximum atomic E-state index is 12.5. The molecule has 0 radical (unpaired) electrons. The molecule has 5 nitrogen and oxygen atoms in total. The molecular weight excluding hydrogens is 380 g/mol. The molecule has 4 aliphatic carbocycles. The summed E-state index contributed by atoms with van der Waals surface area (Å²) in [6.07, 6.45) is 10.6. The Morgan fingerprint density at radius 2 is 1.97 bits per heavy atom. The van der Waals surface area contributed by atoms with Crippen LogP contribution in [0.1, 0.15) is 72.6 Å². The van der Waals surface area contributed by atoms with Crippen LogP contribution in [0.3, 0.4) is 0 Å². The molecule has 0 amide bonds. The number of carbonyl (C=O) groups excluding carboxylic acids is 1. The number of Topliss-reactive ketones (excluding diaryl/α,β-unsaturated/α-hetero) is 1. The molecule has 0 heterocycles. The molecule has 0 saturated heterocycles. The van der Waals surface area contributed by atoms with Crippen molar-refractivity contribution in [2.45, 2.75) is 72.6 Å². The van der Waals surface area contributed by atoms with Gasteiger partial charge in [0.15, 0.2) is 0 Å². The number of carbonyl (C=O) groups is 2. The lowest BCUT2D eigenvalue weighted by molar-refractivity contribution is -0.136. The lowest BCUT2D eigenvalue weighted by Gasteiger charge is -2.58. The molecule has 0 unspecified atom stereocenters. The molecule has 2 N–H and O–H groups in total. The zero-order chi connectivity index (χ0) is 22.1. The minimum absolute atomic E-state index is 0.104. The molecule has 0 aromatic heterocycles. The summed E-state index contributed by atoms with van der Waals surface area (Å²) in [6, 6.07) is 0. The molecule has 168 valence electrons. The number of ether oxygens (including phenoxy) is 1. The van der Waals surface area contributed by atoms with Crippen LogP contribution in [-0.2, 0) is 14.3 Å². The van der Waals surface area contributed by atoms with Crippen LogP contribution in [0.4, 0.5) is 0 Å². The third kappa shape index (κ3) is 3.63. The van der Waals surface area contributed by atoms with Crippen LogP contribution in [0.2, 0.25) is 0 Å². The van der Waals surface area contributed by atoms with Gasteiger partial charge in [-0.2, -0.15) is 0 Å². The van der Waals surface area contributed by atoms with Crippen LogP contribution in [0.5, 0.6) is 0 Å². The van der Waals surface area contributed by atoms with Gasteiger partial charge in [-0.3, -0.25) is 9.59 Å². The van der Waals surface area contributed by atoms with E-state index in [-0.39, 0.29) is 23.9 Å². The van der Waals surface area contributed by atoms with E-state index in [1.807, 2.05) is 6.92 Å². The van der Waals surface area contributed by atoms with Crippen LogP contribution in [-0.4, -0.2) is 35.2 Å². The number of fused-ring (bicyclic) bond motifs is 5. The summed E-state index contributed by atoms with van der Waals surface area (Å²) in [5.74, 6) is 2.74. The maximum Gasteiger partial charge on any atom is 0.303 e. The van der Waals surface area contributed by atoms with Crippen LogP contribution in [0, 0.1) is 34.5 Å². The Balaban J connectivity index is 0.000000461. The molecule has 0 aromatic carbocycles. The van der Waals surface area contributed by atoms with E-state index in [2.05, 4.69) is 26.0 Å². The second-order valence-electron chi connectivity index (χ2n) is 9.78. The van der Waals surface area contributed by atoms with Gasteiger partial charge in [0.05, 0.1) is 19.0 Å². The average Bonchev–Trinajstić information content (AvgIpc) is 3.03. The van der Waals surface area contributed by atoms with Crippen LogP contribution >= 0.6 is 0 Å². The summed E-state index contributed by atoms with van der Waals surface area (Å²) in [6.45, 7) is 9.05. The Morgan fingerprint density at radius 1 is 1.27 bits per heavy atom. The fourth-order valence-corrected chi connectivity index (χ4v) is 6.90. The first-order chi connectivity index (χ1) is 14.2. The van der Waals surface area contributed by atoms with Crippen molar-refractivity contribution in [2.24, 2.45) is 34.5 Å². The van der Waals surface area contributed by atoms with Crippen molar-refractivity contribution in [1.29, 1.82) is 0 Å². The fourth-order valence-electron chi connectivity index (χ4n) is 6.90. The second kappa shape index (κ2) is 8.86. The summed E-state index contributed by atoms with van der Waals surface area (Å²) in [7, 11) is 0. The molecule has 5 heteroatoms. The molecule has 6 atom stereocenters. The van der Waals surface area contributed by atoms with Crippen molar-refractivity contribution >= 4 is 11.8 Å². The first-order valence-electron chi connectivity index (χ1n) is 11.6. The number of hydrogen-bond donors (Lipinski definition) is 2. The number of allylic oxidation sites excluding steroid dienone is 3. The van der Waals surface area contributed by atoms with Gasteiger partial charge in [0, 0.05) is 30.1 Å². The van der Waals surface area contributed by atoms with Crippen molar-refractivity contribution in [2.75, 3.05) is 13.2 Å². The lowest BCUT2D eigenvalue weighted by Crippen LogP contribution is -2.54. The minimum Gasteiger partial charge on any atom is -0.498 e. The van der Waals surface area contributed by atoms with Crippen LogP contribution in [0.15, 0.2) is 23.5 Å². The minimum atomic E-state index is -0.745. The number of hydrogen-bond acceptors (Lipinski definition) is 4. The van der Waals surface area contributed by atoms with E-state index in [0.29, 0.717) is 36.1 Å². The maximum absolute atomic E-state index is 12.5. The Bertz CT molecular complexity index is 738. The van der Waals surface area contributed by atoms with E-state index < -0.39 is 5.97 Å². The number of ketones is 1. The number of carboxylic acids is 1. The van der Waals surface area contributed by atoms with Crippen molar-refractivity contribution in [3.8, 4) is 0 Å². The molecule has 0 aromatic rings. The molecule has 30 heavy (non-hydrogen) atoms. The summed E-state index contributed by atoms with van der Waals surface area (Å²) < 4.78 is 5.82. The predicted octanol–water partition coefficient (Wildman–Crippen LogP) is 4.75. The topological polar surface area (TPSA) is 83.8 Å². The summed E-state index contributed by atoms with van der Waals surface area (Å²) >= 11 is 0. The highest BCUT2D eigenvalue weighted by molar-refractivity contribution is 5.87. The van der Waals surface area contributed by atoms with Gasteiger partial charge < -0.3 is 14.9 Å². The number of aliphatic hydroxyl groups is 1. The highest BCUT2D eigenvalue weighted by Crippen LogP contribution is 2.64. The number of rotatable bonds is 4. The van der Waals surface area contributed by atoms with E-state index in [4.69, 9.17) is 9.84 Å². The van der Waals surface area contributed by atoms with Gasteiger partial charge in [-0.15, -0.1) is 0 Å². The lowest BCUT2D eigenvalue weighted by atomic mass is 9.46. The van der Waals surface area contributed by atoms with Crippen LogP contribution < -0.4 is 0 Å². The van der Waals surface area contributed by atoms with Crippen molar-refractivity contribution in [3.05, 3.63) is 23.5 Å². The molecular formula is C25H38O5. The Hall–Kier alpha value is -1.62. The van der Waals surface area contributed by atoms with Gasteiger partial charge in [-0.1, -0.05) is 26.8 Å². The number of aliphatic hydroxyl groups excluding tert-OH is 1. The van der Waals surface area contributed by atoms with Crippen molar-refractivity contribution < 1.29 is 24.5 Å². The van der Waals surface area contributed by atoms with Gasteiger partial charge >= 0.3 is 5.97 Å². The van der Waals surface area contributed by atoms with E-state index in [9.17, 15) is 14.7 Å². The Kier molecular flexibility index (Phi) is 6.81. The third-order valence-electron chi connectivity index (χ3n) is 8.55. The molecule has 0 bridgehead atoms. The first-order valence-corrected chi connectivity index (χ1v) is 11.6. The average molecular weight is 419 g/mol. The smallest absolute Gasteiger partial charge is 0.303 e. The standard InChI is InChI=1S/C22H32O3.C3H6O2/c1-4-25-16-11-14(2)22(13-23)15(12-16)5-6-17-18-7-8-20(24)21(18,3)10-9-19(17)22;1-2-3(4)5/h5,12,14,17-19,23H,4,6-11,13H2,1-3H3;2H2,1H3,(H,4,5)/t14-,17-,18-,19-,21-,22-;/m0./s1. The predicted molar refractivity (Wildman–Crippen MR) is 116 cm³/mol. The SMILES string of the molecule is CCC(=O)O.CCOC1=CC2=CC[C@@H]3[C@H](CC[C@]4(C)C(=O)CC[C@@H]34)[C@@]2(CO)[C@@H](C)C1. The van der Waals surface area contributed by atoms with E-state index in [1.54, 1.807) is 6.92 Å². The monoisotopic (exact) mass is 418 g/mol. The van der Waals surface area contributed by atoms with E-state index >= 15 is 0 Å². The Morgan fingerprint density at radius 3 is 2.57 bits per heavy atom. The molecule has 2 saturated carbocycles. The zero-order valence-electron chi connectivity index (χ0n) is 18.9. The van der Waals surface area contributed by atoms with Crippen LogP contribution in [0.25, 0.3) is 0 Å². The fraction of sp³-hybridized carbons (Fsp3) is 0.760.